The van der Waals surface area contributed by atoms with Crippen molar-refractivity contribution < 1.29 is 14.3 Å². The van der Waals surface area contributed by atoms with E-state index in [0.717, 1.165) is 3.79 Å². The second-order valence-electron chi connectivity index (χ2n) is 2.28. The van der Waals surface area contributed by atoms with E-state index in [2.05, 4.69) is 20.7 Å². The summed E-state index contributed by atoms with van der Waals surface area (Å²) in [4.78, 5) is 22.1. The number of ether oxygens (including phenoxy) is 1. The van der Waals surface area contributed by atoms with Crippen LogP contribution in [-0.2, 0) is 9.53 Å². The molecule has 13 heavy (non-hydrogen) atoms. The number of carbonyl (C=O) groups is 2. The highest BCUT2D eigenvalue weighted by atomic mass is 79.9. The Hall–Kier alpha value is -0.680. The van der Waals surface area contributed by atoms with E-state index in [1.165, 1.54) is 18.4 Å². The maximum atomic E-state index is 11.4. The second-order valence-corrected chi connectivity index (χ2v) is 4.52. The predicted octanol–water partition coefficient (Wildman–Crippen LogP) is 2.26. The van der Waals surface area contributed by atoms with Crippen molar-refractivity contribution in [3.8, 4) is 0 Å². The standard InChI is InChI=1S/C8H7BrO3S/c1-12-7(11)4-6(10)5-2-3-13-8(5)9/h2-3H,4H2,1H3. The highest BCUT2D eigenvalue weighted by Gasteiger charge is 2.15. The third-order valence-electron chi connectivity index (χ3n) is 1.45. The molecule has 0 fully saturated rings. The minimum Gasteiger partial charge on any atom is -0.469 e. The smallest absolute Gasteiger partial charge is 0.313 e. The van der Waals surface area contributed by atoms with Crippen molar-refractivity contribution in [2.24, 2.45) is 0 Å². The van der Waals surface area contributed by atoms with E-state index in [0.29, 0.717) is 5.56 Å². The zero-order chi connectivity index (χ0) is 9.84. The molecule has 0 bridgehead atoms. The molecule has 0 radical (unpaired) electrons. The molecule has 1 aromatic rings. The van der Waals surface area contributed by atoms with Crippen molar-refractivity contribution >= 4 is 39.0 Å². The highest BCUT2D eigenvalue weighted by Crippen LogP contribution is 2.24. The quantitative estimate of drug-likeness (QED) is 0.477. The van der Waals surface area contributed by atoms with Gasteiger partial charge in [0.15, 0.2) is 5.78 Å². The Morgan fingerprint density at radius 2 is 2.31 bits per heavy atom. The van der Waals surface area contributed by atoms with Crippen LogP contribution in [-0.4, -0.2) is 18.9 Å². The van der Waals surface area contributed by atoms with Crippen LogP contribution < -0.4 is 0 Å². The highest BCUT2D eigenvalue weighted by molar-refractivity contribution is 9.11. The van der Waals surface area contributed by atoms with Gasteiger partial charge < -0.3 is 4.74 Å². The van der Waals surface area contributed by atoms with Gasteiger partial charge in [0.2, 0.25) is 0 Å². The number of carbonyl (C=O) groups excluding carboxylic acids is 2. The first-order chi connectivity index (χ1) is 6.15. The number of hydrogen-bond donors (Lipinski definition) is 0. The Balaban J connectivity index is 2.69. The molecule has 0 aliphatic rings. The van der Waals surface area contributed by atoms with Crippen LogP contribution in [0.5, 0.6) is 0 Å². The lowest BCUT2D eigenvalue weighted by molar-refractivity contribution is -0.139. The Morgan fingerprint density at radius 3 is 2.77 bits per heavy atom. The molecule has 0 amide bonds. The monoisotopic (exact) mass is 262 g/mol. The lowest BCUT2D eigenvalue weighted by Gasteiger charge is -1.97. The lowest BCUT2D eigenvalue weighted by Crippen LogP contribution is -2.08. The van der Waals surface area contributed by atoms with E-state index in [1.54, 1.807) is 11.4 Å². The van der Waals surface area contributed by atoms with Crippen molar-refractivity contribution in [3.05, 3.63) is 20.8 Å². The summed E-state index contributed by atoms with van der Waals surface area (Å²) in [5.41, 5.74) is 0.537. The fourth-order valence-electron chi connectivity index (χ4n) is 0.792. The number of thiophene rings is 1. The van der Waals surface area contributed by atoms with E-state index >= 15 is 0 Å². The molecule has 0 aromatic carbocycles. The van der Waals surface area contributed by atoms with E-state index in [9.17, 15) is 9.59 Å². The molecule has 0 N–H and O–H groups in total. The zero-order valence-corrected chi connectivity index (χ0v) is 9.28. The molecular weight excluding hydrogens is 256 g/mol. The first-order valence-electron chi connectivity index (χ1n) is 3.48. The summed E-state index contributed by atoms with van der Waals surface area (Å²) < 4.78 is 5.14. The number of hydrogen-bond acceptors (Lipinski definition) is 4. The normalized spacial score (nSPS) is 9.69. The topological polar surface area (TPSA) is 43.4 Å². The van der Waals surface area contributed by atoms with Gasteiger partial charge >= 0.3 is 5.97 Å². The fraction of sp³-hybridized carbons (Fsp3) is 0.250. The van der Waals surface area contributed by atoms with Crippen LogP contribution in [0.3, 0.4) is 0 Å². The largest absolute Gasteiger partial charge is 0.469 e. The van der Waals surface area contributed by atoms with Gasteiger partial charge in [0.1, 0.15) is 6.42 Å². The van der Waals surface area contributed by atoms with Crippen LogP contribution in [0.15, 0.2) is 15.2 Å². The van der Waals surface area contributed by atoms with Gasteiger partial charge in [-0.15, -0.1) is 11.3 Å². The van der Waals surface area contributed by atoms with Crippen LogP contribution in [0, 0.1) is 0 Å². The zero-order valence-electron chi connectivity index (χ0n) is 6.87. The summed E-state index contributed by atoms with van der Waals surface area (Å²) in [7, 11) is 1.26. The SMILES string of the molecule is COC(=O)CC(=O)c1ccsc1Br. The summed E-state index contributed by atoms with van der Waals surface area (Å²) in [6, 6.07) is 1.68. The van der Waals surface area contributed by atoms with Crippen LogP contribution in [0.1, 0.15) is 16.8 Å². The van der Waals surface area contributed by atoms with Crippen molar-refractivity contribution in [2.45, 2.75) is 6.42 Å². The maximum absolute atomic E-state index is 11.4. The Morgan fingerprint density at radius 1 is 1.62 bits per heavy atom. The molecule has 0 saturated carbocycles. The Kier molecular flexibility index (Phi) is 3.62. The summed E-state index contributed by atoms with van der Waals surface area (Å²) in [6.07, 6.45) is -0.203. The Labute approximate surface area is 87.8 Å². The van der Waals surface area contributed by atoms with Crippen LogP contribution >= 0.6 is 27.3 Å². The van der Waals surface area contributed by atoms with Gasteiger partial charge in [0, 0.05) is 5.56 Å². The van der Waals surface area contributed by atoms with E-state index in [-0.39, 0.29) is 12.2 Å². The molecule has 0 atom stereocenters. The van der Waals surface area contributed by atoms with Crippen molar-refractivity contribution in [1.29, 1.82) is 0 Å². The molecule has 0 unspecified atom stereocenters. The molecule has 5 heteroatoms. The predicted molar refractivity (Wildman–Crippen MR) is 53.0 cm³/mol. The number of Topliss-reactive ketones (excluding diaryl/α,β-unsaturated/α-hetero) is 1. The van der Waals surface area contributed by atoms with Crippen LogP contribution in [0.4, 0.5) is 0 Å². The Bertz CT molecular complexity index is 332. The molecule has 0 aliphatic heterocycles. The summed E-state index contributed by atoms with van der Waals surface area (Å²) in [5.74, 6) is -0.733. The number of rotatable bonds is 3. The van der Waals surface area contributed by atoms with Gasteiger partial charge in [-0.1, -0.05) is 0 Å². The third-order valence-corrected chi connectivity index (χ3v) is 3.14. The fourth-order valence-corrected chi connectivity index (χ4v) is 2.10. The molecular formula is C8H7BrO3S. The minimum atomic E-state index is -0.511. The molecule has 0 saturated heterocycles. The molecule has 70 valence electrons. The third kappa shape index (κ3) is 2.63. The average molecular weight is 263 g/mol. The lowest BCUT2D eigenvalue weighted by atomic mass is 10.2. The van der Waals surface area contributed by atoms with Crippen molar-refractivity contribution in [3.63, 3.8) is 0 Å². The van der Waals surface area contributed by atoms with E-state index in [4.69, 9.17) is 0 Å². The summed E-state index contributed by atoms with van der Waals surface area (Å²) in [6.45, 7) is 0. The van der Waals surface area contributed by atoms with Crippen molar-refractivity contribution in [2.75, 3.05) is 7.11 Å². The van der Waals surface area contributed by atoms with Gasteiger partial charge in [-0.25, -0.2) is 0 Å². The van der Waals surface area contributed by atoms with Gasteiger partial charge in [0.25, 0.3) is 0 Å². The van der Waals surface area contributed by atoms with Gasteiger partial charge in [-0.05, 0) is 27.4 Å². The molecule has 0 aliphatic carbocycles. The summed E-state index contributed by atoms with van der Waals surface area (Å²) >= 11 is 4.64. The first-order valence-corrected chi connectivity index (χ1v) is 5.15. The average Bonchev–Trinajstić information content (AvgIpc) is 2.51. The number of ketones is 1. The molecule has 0 spiro atoms. The van der Waals surface area contributed by atoms with E-state index in [1.807, 2.05) is 0 Å². The molecule has 1 heterocycles. The maximum Gasteiger partial charge on any atom is 0.313 e. The van der Waals surface area contributed by atoms with Gasteiger partial charge in [-0.3, -0.25) is 9.59 Å². The second kappa shape index (κ2) is 4.53. The van der Waals surface area contributed by atoms with Crippen LogP contribution in [0.2, 0.25) is 0 Å². The first kappa shape index (κ1) is 10.4. The number of methoxy groups -OCH3 is 1. The van der Waals surface area contributed by atoms with Gasteiger partial charge in [0.05, 0.1) is 10.9 Å². The van der Waals surface area contributed by atoms with E-state index < -0.39 is 5.97 Å². The summed E-state index contributed by atoms with van der Waals surface area (Å²) in [5, 5.41) is 1.79. The number of halogens is 1. The number of esters is 1. The molecule has 3 nitrogen and oxygen atoms in total. The van der Waals surface area contributed by atoms with Gasteiger partial charge in [-0.2, -0.15) is 0 Å². The molecule has 1 rings (SSSR count). The van der Waals surface area contributed by atoms with Crippen LogP contribution in [0.25, 0.3) is 0 Å². The molecule has 1 aromatic heterocycles. The van der Waals surface area contributed by atoms with Crippen molar-refractivity contribution in [1.82, 2.24) is 0 Å². The minimum absolute atomic E-state index is 0.203.